The number of anilines is 1. The minimum absolute atomic E-state index is 0.000964. The van der Waals surface area contributed by atoms with E-state index in [0.29, 0.717) is 11.5 Å². The molecule has 0 aliphatic carbocycles. The number of ether oxygens (including phenoxy) is 2. The van der Waals surface area contributed by atoms with E-state index in [9.17, 15) is 4.79 Å². The lowest BCUT2D eigenvalue weighted by atomic mass is 10.2. The highest BCUT2D eigenvalue weighted by Crippen LogP contribution is 2.25. The molecular formula is C18H15N3O3. The molecule has 0 aliphatic heterocycles. The predicted molar refractivity (Wildman–Crippen MR) is 88.5 cm³/mol. The maximum atomic E-state index is 12.1. The molecule has 1 heterocycles. The molecule has 0 saturated carbocycles. The van der Waals surface area contributed by atoms with Gasteiger partial charge in [0, 0.05) is 18.0 Å². The first-order valence-electron chi connectivity index (χ1n) is 7.28. The molecule has 3 rings (SSSR count). The molecule has 120 valence electrons. The maximum Gasteiger partial charge on any atom is 0.361 e. The number of esters is 1. The van der Waals surface area contributed by atoms with Crippen molar-refractivity contribution in [1.29, 1.82) is 0 Å². The standard InChI is InChI=1S/C18H15N3O3/c19-17-16(20-10-11-21-17)18(22)23-12-13-6-4-5-9-15(13)24-14-7-2-1-3-8-14/h1-11H,12H2,(H2,19,21). The number of hydrogen-bond acceptors (Lipinski definition) is 6. The molecule has 0 unspecified atom stereocenters. The van der Waals surface area contributed by atoms with Crippen LogP contribution in [0.25, 0.3) is 0 Å². The second-order valence-corrected chi connectivity index (χ2v) is 4.89. The van der Waals surface area contributed by atoms with Gasteiger partial charge in [0.05, 0.1) is 0 Å². The van der Waals surface area contributed by atoms with Crippen LogP contribution >= 0.6 is 0 Å². The molecule has 6 heteroatoms. The Hall–Kier alpha value is -3.41. The summed E-state index contributed by atoms with van der Waals surface area (Å²) in [5, 5.41) is 0. The molecular weight excluding hydrogens is 306 g/mol. The second-order valence-electron chi connectivity index (χ2n) is 4.89. The average Bonchev–Trinajstić information content (AvgIpc) is 2.62. The summed E-state index contributed by atoms with van der Waals surface area (Å²) in [4.78, 5) is 19.8. The normalized spacial score (nSPS) is 10.2. The van der Waals surface area contributed by atoms with Crippen molar-refractivity contribution in [3.63, 3.8) is 0 Å². The number of benzene rings is 2. The number of carbonyl (C=O) groups excluding carboxylic acids is 1. The molecule has 2 aromatic carbocycles. The van der Waals surface area contributed by atoms with E-state index in [1.807, 2.05) is 54.6 Å². The Morgan fingerprint density at radius 2 is 1.67 bits per heavy atom. The van der Waals surface area contributed by atoms with E-state index in [1.54, 1.807) is 0 Å². The third kappa shape index (κ3) is 3.67. The van der Waals surface area contributed by atoms with Crippen molar-refractivity contribution >= 4 is 11.8 Å². The van der Waals surface area contributed by atoms with Gasteiger partial charge in [0.2, 0.25) is 0 Å². The van der Waals surface area contributed by atoms with Crippen molar-refractivity contribution in [1.82, 2.24) is 9.97 Å². The van der Waals surface area contributed by atoms with Crippen molar-refractivity contribution < 1.29 is 14.3 Å². The van der Waals surface area contributed by atoms with Crippen molar-refractivity contribution in [3.05, 3.63) is 78.2 Å². The van der Waals surface area contributed by atoms with Crippen LogP contribution < -0.4 is 10.5 Å². The van der Waals surface area contributed by atoms with Gasteiger partial charge in [-0.3, -0.25) is 0 Å². The van der Waals surface area contributed by atoms with E-state index in [-0.39, 0.29) is 18.1 Å². The van der Waals surface area contributed by atoms with Crippen LogP contribution in [0.5, 0.6) is 11.5 Å². The molecule has 1 aromatic heterocycles. The van der Waals surface area contributed by atoms with Crippen LogP contribution in [0.2, 0.25) is 0 Å². The van der Waals surface area contributed by atoms with Crippen LogP contribution in [0.3, 0.4) is 0 Å². The van der Waals surface area contributed by atoms with Crippen molar-refractivity contribution in [2.24, 2.45) is 0 Å². The van der Waals surface area contributed by atoms with Crippen LogP contribution in [-0.4, -0.2) is 15.9 Å². The van der Waals surface area contributed by atoms with Gasteiger partial charge in [-0.25, -0.2) is 14.8 Å². The molecule has 0 atom stereocenters. The number of rotatable bonds is 5. The minimum atomic E-state index is -0.630. The molecule has 0 fully saturated rings. The number of para-hydroxylation sites is 2. The average molecular weight is 321 g/mol. The van der Waals surface area contributed by atoms with Crippen LogP contribution in [0.4, 0.5) is 5.82 Å². The first kappa shape index (κ1) is 15.5. The third-order valence-electron chi connectivity index (χ3n) is 3.22. The lowest BCUT2D eigenvalue weighted by Gasteiger charge is -2.11. The van der Waals surface area contributed by atoms with Gasteiger partial charge >= 0.3 is 5.97 Å². The molecule has 6 nitrogen and oxygen atoms in total. The zero-order chi connectivity index (χ0) is 16.8. The fourth-order valence-corrected chi connectivity index (χ4v) is 2.06. The lowest BCUT2D eigenvalue weighted by molar-refractivity contribution is 0.0464. The van der Waals surface area contributed by atoms with E-state index >= 15 is 0 Å². The Labute approximate surface area is 138 Å². The summed E-state index contributed by atoms with van der Waals surface area (Å²) >= 11 is 0. The minimum Gasteiger partial charge on any atom is -0.457 e. The number of nitrogens with two attached hydrogens (primary N) is 1. The van der Waals surface area contributed by atoms with Gasteiger partial charge in [0.25, 0.3) is 0 Å². The van der Waals surface area contributed by atoms with E-state index in [2.05, 4.69) is 9.97 Å². The SMILES string of the molecule is Nc1nccnc1C(=O)OCc1ccccc1Oc1ccccc1. The number of nitrogen functional groups attached to an aromatic ring is 1. The van der Waals surface area contributed by atoms with Gasteiger partial charge < -0.3 is 15.2 Å². The van der Waals surface area contributed by atoms with Crippen LogP contribution in [0.15, 0.2) is 67.0 Å². The summed E-state index contributed by atoms with van der Waals surface area (Å²) in [6, 6.07) is 16.7. The van der Waals surface area contributed by atoms with E-state index in [0.717, 1.165) is 5.56 Å². The summed E-state index contributed by atoms with van der Waals surface area (Å²) in [5.74, 6) is 0.726. The molecule has 0 saturated heterocycles. The zero-order valence-electron chi connectivity index (χ0n) is 12.8. The Morgan fingerprint density at radius 3 is 2.46 bits per heavy atom. The van der Waals surface area contributed by atoms with Crippen LogP contribution in [0, 0.1) is 0 Å². The van der Waals surface area contributed by atoms with Gasteiger partial charge in [-0.05, 0) is 18.2 Å². The molecule has 0 bridgehead atoms. The van der Waals surface area contributed by atoms with Gasteiger partial charge in [0.15, 0.2) is 11.5 Å². The smallest absolute Gasteiger partial charge is 0.361 e. The van der Waals surface area contributed by atoms with Crippen molar-refractivity contribution in [2.45, 2.75) is 6.61 Å². The Balaban J connectivity index is 1.72. The first-order chi connectivity index (χ1) is 11.7. The molecule has 3 aromatic rings. The van der Waals surface area contributed by atoms with Crippen LogP contribution in [0.1, 0.15) is 16.1 Å². The summed E-state index contributed by atoms with van der Waals surface area (Å²) in [5.41, 5.74) is 6.36. The van der Waals surface area contributed by atoms with Gasteiger partial charge in [0.1, 0.15) is 18.1 Å². The zero-order valence-corrected chi connectivity index (χ0v) is 12.8. The largest absolute Gasteiger partial charge is 0.457 e. The van der Waals surface area contributed by atoms with Crippen molar-refractivity contribution in [2.75, 3.05) is 5.73 Å². The number of carbonyl (C=O) groups is 1. The van der Waals surface area contributed by atoms with Crippen LogP contribution in [-0.2, 0) is 11.3 Å². The molecule has 0 spiro atoms. The van der Waals surface area contributed by atoms with E-state index < -0.39 is 5.97 Å². The monoisotopic (exact) mass is 321 g/mol. The highest BCUT2D eigenvalue weighted by molar-refractivity contribution is 5.91. The first-order valence-corrected chi connectivity index (χ1v) is 7.28. The lowest BCUT2D eigenvalue weighted by Crippen LogP contribution is -2.11. The second kappa shape index (κ2) is 7.23. The molecule has 2 N–H and O–H groups in total. The summed E-state index contributed by atoms with van der Waals surface area (Å²) in [7, 11) is 0. The van der Waals surface area contributed by atoms with E-state index in [1.165, 1.54) is 12.4 Å². The summed E-state index contributed by atoms with van der Waals surface area (Å²) in [6.45, 7) is 0.0395. The Bertz CT molecular complexity index is 838. The number of aromatic nitrogens is 2. The molecule has 24 heavy (non-hydrogen) atoms. The molecule has 0 aliphatic rings. The fraction of sp³-hybridized carbons (Fsp3) is 0.0556. The van der Waals surface area contributed by atoms with Gasteiger partial charge in [-0.15, -0.1) is 0 Å². The third-order valence-corrected chi connectivity index (χ3v) is 3.22. The highest BCUT2D eigenvalue weighted by Gasteiger charge is 2.15. The van der Waals surface area contributed by atoms with Gasteiger partial charge in [-0.1, -0.05) is 36.4 Å². The number of hydrogen-bond donors (Lipinski definition) is 1. The highest BCUT2D eigenvalue weighted by atomic mass is 16.5. The van der Waals surface area contributed by atoms with Crippen molar-refractivity contribution in [3.8, 4) is 11.5 Å². The number of nitrogens with zero attached hydrogens (tertiary/aromatic N) is 2. The fourth-order valence-electron chi connectivity index (χ4n) is 2.06. The van der Waals surface area contributed by atoms with Gasteiger partial charge in [-0.2, -0.15) is 0 Å². The predicted octanol–water partition coefficient (Wildman–Crippen LogP) is 3.21. The quantitative estimate of drug-likeness (QED) is 0.726. The van der Waals surface area contributed by atoms with E-state index in [4.69, 9.17) is 15.2 Å². The maximum absolute atomic E-state index is 12.1. The Morgan fingerprint density at radius 1 is 0.958 bits per heavy atom. The molecule has 0 amide bonds. The summed E-state index contributed by atoms with van der Waals surface area (Å²) in [6.07, 6.45) is 2.80. The summed E-state index contributed by atoms with van der Waals surface area (Å²) < 4.78 is 11.1. The topological polar surface area (TPSA) is 87.3 Å². The Kier molecular flexibility index (Phi) is 4.67. The molecule has 0 radical (unpaired) electrons.